The van der Waals surface area contributed by atoms with Crippen LogP contribution in [-0.2, 0) is 43.1 Å². The number of hydrogen-bond acceptors (Lipinski definition) is 5. The van der Waals surface area contributed by atoms with E-state index in [0.29, 0.717) is 12.0 Å². The molecule has 282 valence electrons. The Labute approximate surface area is 310 Å². The van der Waals surface area contributed by atoms with Crippen LogP contribution in [0, 0.1) is 16.2 Å². The van der Waals surface area contributed by atoms with Gasteiger partial charge in [-0.25, -0.2) is 0 Å². The average molecular weight is 701 g/mol. The maximum atomic E-state index is 11.6. The predicted molar refractivity (Wildman–Crippen MR) is 213 cm³/mol. The van der Waals surface area contributed by atoms with Crippen LogP contribution >= 0.6 is 0 Å². The van der Waals surface area contributed by atoms with Gasteiger partial charge in [0.1, 0.15) is 5.78 Å². The van der Waals surface area contributed by atoms with Crippen LogP contribution in [0.3, 0.4) is 0 Å². The molecule has 0 spiro atoms. The van der Waals surface area contributed by atoms with E-state index < -0.39 is 0 Å². The van der Waals surface area contributed by atoms with Crippen LogP contribution in [0.4, 0.5) is 0 Å². The highest BCUT2D eigenvalue weighted by Gasteiger charge is 2.18. The molecular formula is C46H68O5. The quantitative estimate of drug-likeness (QED) is 0.197. The third-order valence-electron chi connectivity index (χ3n) is 8.45. The van der Waals surface area contributed by atoms with Crippen molar-refractivity contribution in [3.8, 4) is 0 Å². The van der Waals surface area contributed by atoms with Crippen molar-refractivity contribution in [3.05, 3.63) is 106 Å². The van der Waals surface area contributed by atoms with Crippen molar-refractivity contribution >= 4 is 17.7 Å². The number of carbonyl (C=O) groups excluding carboxylic acids is 3. The number of esters is 2. The van der Waals surface area contributed by atoms with E-state index >= 15 is 0 Å². The van der Waals surface area contributed by atoms with Crippen LogP contribution < -0.4 is 0 Å². The number of rotatable bonds is 10. The predicted octanol–water partition coefficient (Wildman–Crippen LogP) is 11.5. The first-order valence-electron chi connectivity index (χ1n) is 18.5. The van der Waals surface area contributed by atoms with Gasteiger partial charge in [0, 0.05) is 5.92 Å². The molecule has 3 aromatic carbocycles. The van der Waals surface area contributed by atoms with Gasteiger partial charge in [-0.1, -0.05) is 142 Å². The smallest absolute Gasteiger partial charge is 0.313 e. The highest BCUT2D eigenvalue weighted by Crippen LogP contribution is 2.25. The second-order valence-electron chi connectivity index (χ2n) is 17.5. The van der Waals surface area contributed by atoms with Crippen LogP contribution in [0.25, 0.3) is 0 Å². The normalized spacial score (nSPS) is 13.3. The summed E-state index contributed by atoms with van der Waals surface area (Å²) in [6.45, 7) is 29.7. The van der Waals surface area contributed by atoms with Gasteiger partial charge in [-0.3, -0.25) is 14.4 Å². The number of carbonyl (C=O) groups is 3. The van der Waals surface area contributed by atoms with Crippen LogP contribution in [-0.4, -0.2) is 31.4 Å². The minimum Gasteiger partial charge on any atom is -0.469 e. The lowest BCUT2D eigenvalue weighted by molar-refractivity contribution is -0.144. The molecule has 0 aromatic heterocycles. The van der Waals surface area contributed by atoms with E-state index in [1.165, 1.54) is 23.8 Å². The molecule has 3 rings (SSSR count). The van der Waals surface area contributed by atoms with Gasteiger partial charge < -0.3 is 9.47 Å². The molecule has 0 saturated carbocycles. The first-order valence-corrected chi connectivity index (χ1v) is 18.5. The van der Waals surface area contributed by atoms with Crippen molar-refractivity contribution in [1.82, 2.24) is 0 Å². The van der Waals surface area contributed by atoms with Crippen LogP contribution in [0.2, 0.25) is 0 Å². The van der Waals surface area contributed by atoms with Gasteiger partial charge in [-0.05, 0) is 96.6 Å². The molecule has 3 aromatic rings. The maximum absolute atomic E-state index is 11.6. The van der Waals surface area contributed by atoms with Crippen molar-refractivity contribution in [2.45, 2.75) is 134 Å². The summed E-state index contributed by atoms with van der Waals surface area (Å²) in [5.74, 6) is -0.473. The second kappa shape index (κ2) is 20.3. The molecule has 5 heteroatoms. The molecular weight excluding hydrogens is 633 g/mol. The molecule has 0 saturated heterocycles. The van der Waals surface area contributed by atoms with Crippen molar-refractivity contribution in [3.63, 3.8) is 0 Å². The minimum atomic E-state index is -0.191. The zero-order chi connectivity index (χ0) is 39.2. The Balaban J connectivity index is 0.000000383. The summed E-state index contributed by atoms with van der Waals surface area (Å²) < 4.78 is 9.77. The third kappa shape index (κ3) is 18.4. The summed E-state index contributed by atoms with van der Waals surface area (Å²) in [5, 5.41) is 0. The minimum absolute atomic E-state index is 0.0173. The molecule has 0 heterocycles. The standard InChI is InChI=1S/C16H24O2.C15H22O2.C15H22O/c1-6-18-15(17)12(2)14-9-7-13(8-10-14)11-16(3,4)5;1-11(14(16)17-5)13-8-6-12(7-9-13)10-15(2,3)4;1-11(12(2)16)14-8-6-13(7-9-14)10-15(3,4)5/h7-10,12H,6,11H2,1-5H3;6-9,11H,10H2,1-5H3;6-9,11H,10H2,1-5H3. The number of methoxy groups -OCH3 is 1. The molecule has 0 aliphatic rings. The second-order valence-corrected chi connectivity index (χ2v) is 17.5. The van der Waals surface area contributed by atoms with Crippen molar-refractivity contribution in [1.29, 1.82) is 0 Å². The Hall–Kier alpha value is -3.73. The lowest BCUT2D eigenvalue weighted by Crippen LogP contribution is -2.13. The van der Waals surface area contributed by atoms with Crippen LogP contribution in [0.15, 0.2) is 72.8 Å². The molecule has 5 nitrogen and oxygen atoms in total. The number of Topliss-reactive ketones (excluding diaryl/α,β-unsaturated/α-hetero) is 1. The molecule has 0 fully saturated rings. The maximum Gasteiger partial charge on any atom is 0.313 e. The third-order valence-corrected chi connectivity index (χ3v) is 8.45. The topological polar surface area (TPSA) is 69.7 Å². The van der Waals surface area contributed by atoms with Crippen molar-refractivity contribution < 1.29 is 23.9 Å². The average Bonchev–Trinajstić information content (AvgIpc) is 3.03. The van der Waals surface area contributed by atoms with Gasteiger partial charge in [0.25, 0.3) is 0 Å². The molecule has 0 aliphatic carbocycles. The Kier molecular flexibility index (Phi) is 18.1. The van der Waals surface area contributed by atoms with Gasteiger partial charge in [0.15, 0.2) is 0 Å². The lowest BCUT2D eigenvalue weighted by Gasteiger charge is -2.18. The Morgan fingerprint density at radius 2 is 0.784 bits per heavy atom. The van der Waals surface area contributed by atoms with Crippen molar-refractivity contribution in [2.75, 3.05) is 13.7 Å². The summed E-state index contributed by atoms with van der Waals surface area (Å²) in [7, 11) is 1.42. The van der Waals surface area contributed by atoms with E-state index in [1.54, 1.807) is 6.92 Å². The summed E-state index contributed by atoms with van der Waals surface area (Å²) >= 11 is 0. The van der Waals surface area contributed by atoms with E-state index in [0.717, 1.165) is 36.0 Å². The molecule has 0 aliphatic heterocycles. The fourth-order valence-electron chi connectivity index (χ4n) is 5.56. The first-order chi connectivity index (χ1) is 23.5. The number of ether oxygens (including phenoxy) is 2. The van der Waals surface area contributed by atoms with Crippen molar-refractivity contribution in [2.24, 2.45) is 16.2 Å². The number of ketones is 1. The fourth-order valence-corrected chi connectivity index (χ4v) is 5.56. The lowest BCUT2D eigenvalue weighted by atomic mass is 9.87. The van der Waals surface area contributed by atoms with E-state index in [-0.39, 0.29) is 46.3 Å². The molecule has 0 N–H and O–H groups in total. The van der Waals surface area contributed by atoms with E-state index in [2.05, 4.69) is 111 Å². The highest BCUT2D eigenvalue weighted by atomic mass is 16.5. The SMILES string of the molecule is CC(=O)C(C)c1ccc(CC(C)(C)C)cc1.CCOC(=O)C(C)c1ccc(CC(C)(C)C)cc1.COC(=O)C(C)c1ccc(CC(C)(C)C)cc1. The summed E-state index contributed by atoms with van der Waals surface area (Å²) in [6, 6.07) is 24.9. The monoisotopic (exact) mass is 701 g/mol. The summed E-state index contributed by atoms with van der Waals surface area (Å²) in [6.07, 6.45) is 3.16. The Morgan fingerprint density at radius 1 is 0.510 bits per heavy atom. The Bertz CT molecular complexity index is 1480. The highest BCUT2D eigenvalue weighted by molar-refractivity contribution is 5.82. The Morgan fingerprint density at radius 3 is 1.02 bits per heavy atom. The molecule has 51 heavy (non-hydrogen) atoms. The van der Waals surface area contributed by atoms with Gasteiger partial charge in [0.2, 0.25) is 0 Å². The van der Waals surface area contributed by atoms with Gasteiger partial charge in [-0.2, -0.15) is 0 Å². The fraction of sp³-hybridized carbons (Fsp3) is 0.543. The number of benzene rings is 3. The zero-order valence-electron chi connectivity index (χ0n) is 34.5. The summed E-state index contributed by atoms with van der Waals surface area (Å²) in [5.41, 5.74) is 7.98. The van der Waals surface area contributed by atoms with Gasteiger partial charge in [0.05, 0.1) is 25.6 Å². The molecule has 0 amide bonds. The first kappa shape index (κ1) is 45.3. The van der Waals surface area contributed by atoms with E-state index in [4.69, 9.17) is 9.47 Å². The zero-order valence-corrected chi connectivity index (χ0v) is 34.5. The molecule has 0 radical (unpaired) electrons. The van der Waals surface area contributed by atoms with Crippen LogP contribution in [0.5, 0.6) is 0 Å². The van der Waals surface area contributed by atoms with Gasteiger partial charge in [-0.15, -0.1) is 0 Å². The van der Waals surface area contributed by atoms with Crippen LogP contribution in [0.1, 0.15) is 148 Å². The number of hydrogen-bond donors (Lipinski definition) is 0. The van der Waals surface area contributed by atoms with E-state index in [1.807, 2.05) is 52.0 Å². The van der Waals surface area contributed by atoms with E-state index in [9.17, 15) is 14.4 Å². The molecule has 0 bridgehead atoms. The molecule has 3 atom stereocenters. The summed E-state index contributed by atoms with van der Waals surface area (Å²) in [4.78, 5) is 34.3. The largest absolute Gasteiger partial charge is 0.469 e. The van der Waals surface area contributed by atoms with Gasteiger partial charge >= 0.3 is 11.9 Å². The molecule has 3 unspecified atom stereocenters.